The molecular formula is C15H9ClF2O2. The van der Waals surface area contributed by atoms with Crippen molar-refractivity contribution in [2.75, 3.05) is 0 Å². The molecule has 0 spiro atoms. The Morgan fingerprint density at radius 1 is 1.10 bits per heavy atom. The van der Waals surface area contributed by atoms with E-state index in [0.29, 0.717) is 5.39 Å². The predicted molar refractivity (Wildman–Crippen MR) is 71.6 cm³/mol. The molecule has 0 aliphatic heterocycles. The van der Waals surface area contributed by atoms with Gasteiger partial charge in [-0.3, -0.25) is 0 Å². The van der Waals surface area contributed by atoms with Gasteiger partial charge in [0, 0.05) is 10.4 Å². The summed E-state index contributed by atoms with van der Waals surface area (Å²) in [7, 11) is 0. The fourth-order valence-corrected chi connectivity index (χ4v) is 2.31. The molecule has 0 amide bonds. The molecule has 1 atom stereocenters. The summed E-state index contributed by atoms with van der Waals surface area (Å²) in [6.45, 7) is 0. The minimum Gasteiger partial charge on any atom is -0.455 e. The molecule has 1 unspecified atom stereocenters. The number of halogens is 3. The summed E-state index contributed by atoms with van der Waals surface area (Å²) in [5, 5.41) is 10.9. The second-order valence-corrected chi connectivity index (χ2v) is 4.85. The number of hydrogen-bond donors (Lipinski definition) is 1. The Balaban J connectivity index is 2.07. The molecule has 0 aliphatic rings. The molecule has 0 saturated carbocycles. The monoisotopic (exact) mass is 294 g/mol. The van der Waals surface area contributed by atoms with Gasteiger partial charge in [0.25, 0.3) is 0 Å². The minimum absolute atomic E-state index is 0.0593. The summed E-state index contributed by atoms with van der Waals surface area (Å²) >= 11 is 5.74. The number of fused-ring (bicyclic) bond motifs is 1. The van der Waals surface area contributed by atoms with E-state index in [-0.39, 0.29) is 21.9 Å². The highest BCUT2D eigenvalue weighted by Gasteiger charge is 2.18. The van der Waals surface area contributed by atoms with E-state index in [1.165, 1.54) is 18.2 Å². The lowest BCUT2D eigenvalue weighted by Gasteiger charge is -2.08. The number of aliphatic hydroxyl groups excluding tert-OH is 1. The van der Waals surface area contributed by atoms with Gasteiger partial charge in [-0.15, -0.1) is 0 Å². The second kappa shape index (κ2) is 4.89. The van der Waals surface area contributed by atoms with Gasteiger partial charge in [-0.2, -0.15) is 0 Å². The van der Waals surface area contributed by atoms with E-state index in [1.807, 2.05) is 0 Å². The number of aliphatic hydroxyl groups is 1. The summed E-state index contributed by atoms with van der Waals surface area (Å²) in [6.07, 6.45) is -1.21. The van der Waals surface area contributed by atoms with Crippen molar-refractivity contribution < 1.29 is 18.3 Å². The van der Waals surface area contributed by atoms with Crippen molar-refractivity contribution in [3.63, 3.8) is 0 Å². The van der Waals surface area contributed by atoms with Crippen LogP contribution in [-0.4, -0.2) is 5.11 Å². The SMILES string of the molecule is OC(c1cc(F)cc(Cl)c1)c1cc2cccc(F)c2o1. The van der Waals surface area contributed by atoms with E-state index in [9.17, 15) is 13.9 Å². The molecule has 102 valence electrons. The van der Waals surface area contributed by atoms with E-state index in [1.54, 1.807) is 12.1 Å². The molecule has 1 aromatic heterocycles. The molecule has 2 nitrogen and oxygen atoms in total. The number of para-hydroxylation sites is 1. The van der Waals surface area contributed by atoms with Gasteiger partial charge in [-0.1, -0.05) is 23.7 Å². The first-order valence-electron chi connectivity index (χ1n) is 5.86. The highest BCUT2D eigenvalue weighted by molar-refractivity contribution is 6.30. The molecule has 2 aromatic carbocycles. The van der Waals surface area contributed by atoms with Crippen LogP contribution >= 0.6 is 11.6 Å². The lowest BCUT2D eigenvalue weighted by atomic mass is 10.1. The molecule has 3 aromatic rings. The van der Waals surface area contributed by atoms with Gasteiger partial charge in [0.05, 0.1) is 0 Å². The minimum atomic E-state index is -1.21. The average Bonchev–Trinajstić information content (AvgIpc) is 2.82. The molecule has 0 radical (unpaired) electrons. The maximum Gasteiger partial charge on any atom is 0.170 e. The fourth-order valence-electron chi connectivity index (χ4n) is 2.08. The van der Waals surface area contributed by atoms with Crippen LogP contribution in [-0.2, 0) is 0 Å². The Bertz CT molecular complexity index is 762. The molecule has 0 aliphatic carbocycles. The summed E-state index contributed by atoms with van der Waals surface area (Å²) in [5.41, 5.74) is 0.304. The molecule has 20 heavy (non-hydrogen) atoms. The first-order chi connectivity index (χ1) is 9.54. The molecule has 3 rings (SSSR count). The summed E-state index contributed by atoms with van der Waals surface area (Å²) in [5.74, 6) is -0.946. The number of hydrogen-bond acceptors (Lipinski definition) is 2. The Morgan fingerprint density at radius 2 is 1.90 bits per heavy atom. The maximum absolute atomic E-state index is 13.5. The first kappa shape index (κ1) is 13.1. The third-order valence-electron chi connectivity index (χ3n) is 2.99. The van der Waals surface area contributed by atoms with Gasteiger partial charge in [0.15, 0.2) is 11.4 Å². The molecule has 1 heterocycles. The third kappa shape index (κ3) is 2.28. The molecule has 0 fully saturated rings. The number of rotatable bonds is 2. The quantitative estimate of drug-likeness (QED) is 0.757. The van der Waals surface area contributed by atoms with Gasteiger partial charge in [0.2, 0.25) is 0 Å². The van der Waals surface area contributed by atoms with Crippen LogP contribution in [0, 0.1) is 11.6 Å². The molecular weight excluding hydrogens is 286 g/mol. The van der Waals surface area contributed by atoms with Crippen molar-refractivity contribution in [2.45, 2.75) is 6.10 Å². The van der Waals surface area contributed by atoms with Crippen LogP contribution in [0.2, 0.25) is 5.02 Å². The zero-order valence-electron chi connectivity index (χ0n) is 10.1. The van der Waals surface area contributed by atoms with Crippen LogP contribution in [0.3, 0.4) is 0 Å². The van der Waals surface area contributed by atoms with Gasteiger partial charge in [-0.05, 0) is 35.9 Å². The van der Waals surface area contributed by atoms with Gasteiger partial charge in [-0.25, -0.2) is 8.78 Å². The van der Waals surface area contributed by atoms with Crippen LogP contribution < -0.4 is 0 Å². The van der Waals surface area contributed by atoms with Crippen LogP contribution in [0.15, 0.2) is 46.9 Å². The Morgan fingerprint density at radius 3 is 2.60 bits per heavy atom. The van der Waals surface area contributed by atoms with E-state index in [0.717, 1.165) is 12.1 Å². The Kier molecular flexibility index (Phi) is 3.20. The van der Waals surface area contributed by atoms with Crippen molar-refractivity contribution in [1.29, 1.82) is 0 Å². The zero-order valence-corrected chi connectivity index (χ0v) is 10.9. The van der Waals surface area contributed by atoms with Gasteiger partial charge >= 0.3 is 0 Å². The molecule has 0 saturated heterocycles. The Hall–Kier alpha value is -1.91. The van der Waals surface area contributed by atoms with E-state index >= 15 is 0 Å². The summed E-state index contributed by atoms with van der Waals surface area (Å²) < 4.78 is 32.1. The van der Waals surface area contributed by atoms with E-state index in [4.69, 9.17) is 16.0 Å². The van der Waals surface area contributed by atoms with Crippen LogP contribution in [0.5, 0.6) is 0 Å². The predicted octanol–water partition coefficient (Wildman–Crippen LogP) is 4.45. The fraction of sp³-hybridized carbons (Fsp3) is 0.0667. The zero-order chi connectivity index (χ0) is 14.3. The Labute approximate surface area is 118 Å². The van der Waals surface area contributed by atoms with Crippen molar-refractivity contribution >= 4 is 22.6 Å². The molecule has 5 heteroatoms. The standard InChI is InChI=1S/C15H9ClF2O2/c16-10-4-9(5-11(17)7-10)14(19)13-6-8-2-1-3-12(18)15(8)20-13/h1-7,14,19H. The van der Waals surface area contributed by atoms with E-state index in [2.05, 4.69) is 0 Å². The second-order valence-electron chi connectivity index (χ2n) is 4.41. The lowest BCUT2D eigenvalue weighted by molar-refractivity contribution is 0.191. The first-order valence-corrected chi connectivity index (χ1v) is 6.24. The smallest absolute Gasteiger partial charge is 0.170 e. The van der Waals surface area contributed by atoms with Crippen molar-refractivity contribution in [1.82, 2.24) is 0 Å². The largest absolute Gasteiger partial charge is 0.455 e. The van der Waals surface area contributed by atoms with Crippen LogP contribution in [0.25, 0.3) is 11.0 Å². The van der Waals surface area contributed by atoms with Crippen molar-refractivity contribution in [3.8, 4) is 0 Å². The third-order valence-corrected chi connectivity index (χ3v) is 3.20. The van der Waals surface area contributed by atoms with Gasteiger partial charge in [0.1, 0.15) is 17.7 Å². The van der Waals surface area contributed by atoms with Crippen molar-refractivity contribution in [3.05, 3.63) is 70.4 Å². The topological polar surface area (TPSA) is 33.4 Å². The average molecular weight is 295 g/mol. The molecule has 0 bridgehead atoms. The maximum atomic E-state index is 13.5. The van der Waals surface area contributed by atoms with Crippen molar-refractivity contribution in [2.24, 2.45) is 0 Å². The summed E-state index contributed by atoms with van der Waals surface area (Å²) in [4.78, 5) is 0. The summed E-state index contributed by atoms with van der Waals surface area (Å²) in [6, 6.07) is 9.71. The lowest BCUT2D eigenvalue weighted by Crippen LogP contribution is -1.98. The van der Waals surface area contributed by atoms with Crippen LogP contribution in [0.4, 0.5) is 8.78 Å². The van der Waals surface area contributed by atoms with E-state index < -0.39 is 17.7 Å². The highest BCUT2D eigenvalue weighted by atomic mass is 35.5. The van der Waals surface area contributed by atoms with Crippen LogP contribution in [0.1, 0.15) is 17.4 Å². The van der Waals surface area contributed by atoms with Gasteiger partial charge < -0.3 is 9.52 Å². The number of furan rings is 1. The highest BCUT2D eigenvalue weighted by Crippen LogP contribution is 2.30. The number of benzene rings is 2. The normalized spacial score (nSPS) is 12.8. The molecule has 1 N–H and O–H groups in total.